The summed E-state index contributed by atoms with van der Waals surface area (Å²) >= 11 is 0. The van der Waals surface area contributed by atoms with Crippen LogP contribution in [0, 0.1) is 10.1 Å². The second-order valence-electron chi connectivity index (χ2n) is 5.42. The molecule has 0 radical (unpaired) electrons. The van der Waals surface area contributed by atoms with Crippen LogP contribution in [0.25, 0.3) is 11.0 Å². The van der Waals surface area contributed by atoms with Crippen molar-refractivity contribution in [3.63, 3.8) is 0 Å². The number of hydrogen-bond acceptors (Lipinski definition) is 6. The quantitative estimate of drug-likeness (QED) is 0.319. The number of aromatic hydroxyl groups is 1. The van der Waals surface area contributed by atoms with Gasteiger partial charge in [0.25, 0.3) is 5.69 Å². The molecular formula is C18H15NO6. The smallest absolute Gasteiger partial charge is 0.343 e. The normalized spacial score (nSPS) is 10.7. The number of non-ortho nitro benzene ring substituents is 1. The molecule has 7 nitrogen and oxygen atoms in total. The Morgan fingerprint density at radius 3 is 2.56 bits per heavy atom. The Morgan fingerprint density at radius 2 is 1.84 bits per heavy atom. The van der Waals surface area contributed by atoms with Gasteiger partial charge in [0.15, 0.2) is 0 Å². The van der Waals surface area contributed by atoms with Crippen LogP contribution >= 0.6 is 0 Å². The van der Waals surface area contributed by atoms with E-state index in [0.29, 0.717) is 36.2 Å². The molecule has 1 heterocycles. The molecule has 0 aliphatic heterocycles. The number of fused-ring (bicyclic) bond motifs is 1. The van der Waals surface area contributed by atoms with Gasteiger partial charge in [-0.3, -0.25) is 10.1 Å². The van der Waals surface area contributed by atoms with E-state index in [1.807, 2.05) is 0 Å². The lowest BCUT2D eigenvalue weighted by atomic mass is 10.1. The summed E-state index contributed by atoms with van der Waals surface area (Å²) in [5.74, 6) is 0.433. The van der Waals surface area contributed by atoms with Gasteiger partial charge in [-0.2, -0.15) is 0 Å². The van der Waals surface area contributed by atoms with E-state index in [1.165, 1.54) is 24.3 Å². The van der Waals surface area contributed by atoms with E-state index in [2.05, 4.69) is 0 Å². The fraction of sp³-hybridized carbons (Fsp3) is 0.167. The molecule has 0 aliphatic carbocycles. The maximum Gasteiger partial charge on any atom is 0.343 e. The van der Waals surface area contributed by atoms with Gasteiger partial charge in [-0.15, -0.1) is 0 Å². The highest BCUT2D eigenvalue weighted by Gasteiger charge is 2.13. The topological polar surface area (TPSA) is 103 Å². The number of benzene rings is 2. The average molecular weight is 341 g/mol. The van der Waals surface area contributed by atoms with Crippen molar-refractivity contribution in [1.82, 2.24) is 0 Å². The first-order chi connectivity index (χ1) is 12.1. The number of ether oxygens (including phenoxy) is 1. The van der Waals surface area contributed by atoms with Crippen molar-refractivity contribution in [1.29, 1.82) is 0 Å². The molecule has 0 saturated carbocycles. The minimum atomic E-state index is -0.563. The molecule has 0 bridgehead atoms. The first-order valence-corrected chi connectivity index (χ1v) is 7.67. The van der Waals surface area contributed by atoms with E-state index in [0.717, 1.165) is 0 Å². The Morgan fingerprint density at radius 1 is 1.12 bits per heavy atom. The van der Waals surface area contributed by atoms with Crippen LogP contribution in [0.1, 0.15) is 12.0 Å². The second kappa shape index (κ2) is 7.04. The van der Waals surface area contributed by atoms with Gasteiger partial charge in [-0.1, -0.05) is 12.1 Å². The van der Waals surface area contributed by atoms with Crippen LogP contribution in [-0.2, 0) is 6.42 Å². The maximum atomic E-state index is 12.0. The number of para-hydroxylation sites is 1. The Bertz CT molecular complexity index is 961. The summed E-state index contributed by atoms with van der Waals surface area (Å²) in [4.78, 5) is 22.1. The number of nitrogens with zero attached hydrogens (tertiary/aromatic N) is 1. The van der Waals surface area contributed by atoms with Gasteiger partial charge in [0, 0.05) is 12.1 Å². The summed E-state index contributed by atoms with van der Waals surface area (Å²) in [6, 6.07) is 12.5. The molecule has 0 spiro atoms. The first-order valence-electron chi connectivity index (χ1n) is 7.67. The Labute approximate surface area is 142 Å². The maximum absolute atomic E-state index is 12.0. The van der Waals surface area contributed by atoms with Gasteiger partial charge in [0.2, 0.25) is 0 Å². The van der Waals surface area contributed by atoms with Crippen molar-refractivity contribution >= 4 is 16.7 Å². The fourth-order valence-corrected chi connectivity index (χ4v) is 2.50. The molecule has 1 N–H and O–H groups in total. The van der Waals surface area contributed by atoms with E-state index in [9.17, 15) is 20.0 Å². The number of nitro groups is 1. The second-order valence-corrected chi connectivity index (χ2v) is 5.42. The molecule has 0 amide bonds. The average Bonchev–Trinajstić information content (AvgIpc) is 2.61. The van der Waals surface area contributed by atoms with E-state index < -0.39 is 10.5 Å². The number of nitro benzene ring substituents is 1. The molecular weight excluding hydrogens is 326 g/mol. The summed E-state index contributed by atoms with van der Waals surface area (Å²) in [7, 11) is 0. The third-order valence-electron chi connectivity index (χ3n) is 3.76. The van der Waals surface area contributed by atoms with Crippen molar-refractivity contribution in [3.05, 3.63) is 74.6 Å². The summed E-state index contributed by atoms with van der Waals surface area (Å²) in [6.45, 7) is 0.295. The van der Waals surface area contributed by atoms with Gasteiger partial charge < -0.3 is 14.3 Å². The molecule has 0 saturated heterocycles. The first kappa shape index (κ1) is 16.5. The lowest BCUT2D eigenvalue weighted by molar-refractivity contribution is -0.384. The van der Waals surface area contributed by atoms with E-state index in [4.69, 9.17) is 9.15 Å². The highest BCUT2D eigenvalue weighted by Crippen LogP contribution is 2.26. The number of hydrogen-bond donors (Lipinski definition) is 1. The zero-order chi connectivity index (χ0) is 17.8. The minimum Gasteiger partial charge on any atom is -0.507 e. The van der Waals surface area contributed by atoms with Crippen molar-refractivity contribution in [2.75, 3.05) is 6.61 Å². The van der Waals surface area contributed by atoms with Gasteiger partial charge in [-0.25, -0.2) is 4.79 Å². The Balaban J connectivity index is 1.63. The van der Waals surface area contributed by atoms with Crippen LogP contribution in [0.2, 0.25) is 0 Å². The van der Waals surface area contributed by atoms with Gasteiger partial charge in [-0.05, 0) is 37.1 Å². The predicted octanol–water partition coefficient (Wildman–Crippen LogP) is 3.42. The fourth-order valence-electron chi connectivity index (χ4n) is 2.50. The molecule has 3 aromatic rings. The van der Waals surface area contributed by atoms with E-state index in [-0.39, 0.29) is 17.0 Å². The molecule has 0 unspecified atom stereocenters. The third kappa shape index (κ3) is 3.60. The highest BCUT2D eigenvalue weighted by atomic mass is 16.6. The van der Waals surface area contributed by atoms with Crippen LogP contribution in [0.3, 0.4) is 0 Å². The molecule has 25 heavy (non-hydrogen) atoms. The minimum absolute atomic E-state index is 0.00829. The van der Waals surface area contributed by atoms with Gasteiger partial charge in [0.1, 0.15) is 17.1 Å². The molecule has 3 rings (SSSR count). The summed E-state index contributed by atoms with van der Waals surface area (Å²) < 4.78 is 10.7. The lowest BCUT2D eigenvalue weighted by Crippen LogP contribution is -2.10. The van der Waals surface area contributed by atoms with E-state index >= 15 is 0 Å². The summed E-state index contributed by atoms with van der Waals surface area (Å²) in [5, 5.41) is 21.3. The van der Waals surface area contributed by atoms with Crippen molar-refractivity contribution < 1.29 is 19.2 Å². The number of rotatable bonds is 6. The van der Waals surface area contributed by atoms with Crippen molar-refractivity contribution in [2.45, 2.75) is 12.8 Å². The van der Waals surface area contributed by atoms with Crippen molar-refractivity contribution in [3.8, 4) is 11.5 Å². The molecule has 0 atom stereocenters. The van der Waals surface area contributed by atoms with Crippen molar-refractivity contribution in [2.24, 2.45) is 0 Å². The Kier molecular flexibility index (Phi) is 4.65. The van der Waals surface area contributed by atoms with Gasteiger partial charge in [0.05, 0.1) is 22.5 Å². The van der Waals surface area contributed by atoms with Crippen LogP contribution in [-0.4, -0.2) is 16.6 Å². The lowest BCUT2D eigenvalue weighted by Gasteiger charge is -2.08. The zero-order valence-electron chi connectivity index (χ0n) is 13.2. The van der Waals surface area contributed by atoms with Crippen LogP contribution in [0.5, 0.6) is 11.5 Å². The summed E-state index contributed by atoms with van der Waals surface area (Å²) in [5.41, 5.74) is -0.0144. The highest BCUT2D eigenvalue weighted by molar-refractivity contribution is 5.83. The molecule has 2 aromatic carbocycles. The zero-order valence-corrected chi connectivity index (χ0v) is 13.2. The standard InChI is InChI=1S/C18H15NO6/c20-17-14-4-1-2-6-16(14)25-18(21)15(17)5-3-11-24-13-9-7-12(8-10-13)19(22)23/h1-2,4,6-10,20H,3,5,11H2. The molecule has 0 fully saturated rings. The molecule has 128 valence electrons. The summed E-state index contributed by atoms with van der Waals surface area (Å²) in [6.07, 6.45) is 0.777. The van der Waals surface area contributed by atoms with Crippen LogP contribution < -0.4 is 10.4 Å². The third-order valence-corrected chi connectivity index (χ3v) is 3.76. The van der Waals surface area contributed by atoms with E-state index in [1.54, 1.807) is 24.3 Å². The largest absolute Gasteiger partial charge is 0.507 e. The monoisotopic (exact) mass is 341 g/mol. The predicted molar refractivity (Wildman–Crippen MR) is 91.1 cm³/mol. The van der Waals surface area contributed by atoms with Crippen LogP contribution in [0.15, 0.2) is 57.7 Å². The van der Waals surface area contributed by atoms with Gasteiger partial charge >= 0.3 is 5.63 Å². The molecule has 1 aromatic heterocycles. The van der Waals surface area contributed by atoms with Crippen LogP contribution in [0.4, 0.5) is 5.69 Å². The Hall–Kier alpha value is -3.35. The molecule has 0 aliphatic rings. The SMILES string of the molecule is O=c1oc2ccccc2c(O)c1CCCOc1ccc([N+](=O)[O-])cc1. The molecule has 7 heteroatoms.